The standard InChI is InChI=1S/C13H13N3O2S/c1-9-7-11(10-5-3-2-4-6-10)14-16(9)13-8-12(17)15-19(13)18/h2-8,12,15,17H,1H3. The predicted molar refractivity (Wildman–Crippen MR) is 74.0 cm³/mol. The molecule has 0 amide bonds. The molecule has 0 fully saturated rings. The lowest BCUT2D eigenvalue weighted by Crippen LogP contribution is -2.22. The summed E-state index contributed by atoms with van der Waals surface area (Å²) in [5.74, 6) is 0. The van der Waals surface area contributed by atoms with Crippen LogP contribution in [0, 0.1) is 6.92 Å². The summed E-state index contributed by atoms with van der Waals surface area (Å²) in [6, 6.07) is 11.7. The van der Waals surface area contributed by atoms with Gasteiger partial charge in [-0.2, -0.15) is 5.10 Å². The van der Waals surface area contributed by atoms with E-state index in [2.05, 4.69) is 9.82 Å². The molecule has 0 saturated carbocycles. The zero-order valence-corrected chi connectivity index (χ0v) is 11.1. The van der Waals surface area contributed by atoms with Gasteiger partial charge < -0.3 is 5.11 Å². The van der Waals surface area contributed by atoms with Crippen LogP contribution in [0.5, 0.6) is 0 Å². The van der Waals surface area contributed by atoms with Crippen LogP contribution >= 0.6 is 0 Å². The van der Waals surface area contributed by atoms with Crippen LogP contribution in [-0.4, -0.2) is 25.3 Å². The summed E-state index contributed by atoms with van der Waals surface area (Å²) in [5.41, 5.74) is 2.69. The third kappa shape index (κ3) is 2.25. The molecule has 2 unspecified atom stereocenters. The van der Waals surface area contributed by atoms with E-state index in [1.807, 2.05) is 43.3 Å². The van der Waals surface area contributed by atoms with Gasteiger partial charge in [-0.1, -0.05) is 30.3 Å². The Morgan fingerprint density at radius 3 is 2.74 bits per heavy atom. The van der Waals surface area contributed by atoms with E-state index in [1.54, 1.807) is 4.68 Å². The van der Waals surface area contributed by atoms with Crippen LogP contribution in [0.1, 0.15) is 5.69 Å². The molecule has 0 saturated heterocycles. The quantitative estimate of drug-likeness (QED) is 0.866. The van der Waals surface area contributed by atoms with E-state index in [9.17, 15) is 9.32 Å². The smallest absolute Gasteiger partial charge is 0.146 e. The molecule has 1 aliphatic rings. The lowest BCUT2D eigenvalue weighted by atomic mass is 10.1. The maximum atomic E-state index is 11.8. The summed E-state index contributed by atoms with van der Waals surface area (Å²) >= 11 is 0. The summed E-state index contributed by atoms with van der Waals surface area (Å²) in [6.45, 7) is 1.89. The Balaban J connectivity index is 2.04. The van der Waals surface area contributed by atoms with Gasteiger partial charge in [-0.15, -0.1) is 0 Å². The van der Waals surface area contributed by atoms with Gasteiger partial charge in [-0.05, 0) is 19.1 Å². The maximum Gasteiger partial charge on any atom is 0.146 e. The maximum absolute atomic E-state index is 11.8. The van der Waals surface area contributed by atoms with Crippen molar-refractivity contribution in [1.82, 2.24) is 14.5 Å². The molecule has 0 aliphatic carbocycles. The number of aliphatic hydroxyl groups excluding tert-OH is 1. The van der Waals surface area contributed by atoms with Crippen molar-refractivity contribution in [3.8, 4) is 11.3 Å². The summed E-state index contributed by atoms with van der Waals surface area (Å²) < 4.78 is 15.9. The van der Waals surface area contributed by atoms with E-state index in [0.29, 0.717) is 5.03 Å². The number of benzene rings is 1. The molecule has 1 aliphatic heterocycles. The molecule has 98 valence electrons. The van der Waals surface area contributed by atoms with E-state index < -0.39 is 17.2 Å². The number of rotatable bonds is 2. The van der Waals surface area contributed by atoms with Crippen LogP contribution in [0.4, 0.5) is 0 Å². The number of aromatic nitrogens is 2. The molecular formula is C13H13N3O2S. The average Bonchev–Trinajstić information content (AvgIpc) is 2.93. The van der Waals surface area contributed by atoms with Gasteiger partial charge in [0.1, 0.15) is 22.2 Å². The summed E-state index contributed by atoms with van der Waals surface area (Å²) in [7, 11) is -1.43. The minimum Gasteiger partial charge on any atom is -0.374 e. The molecule has 2 atom stereocenters. The number of nitrogens with one attached hydrogen (secondary N) is 1. The van der Waals surface area contributed by atoms with Crippen molar-refractivity contribution in [1.29, 1.82) is 0 Å². The highest BCUT2D eigenvalue weighted by Crippen LogP contribution is 2.23. The van der Waals surface area contributed by atoms with Crippen molar-refractivity contribution in [2.45, 2.75) is 13.2 Å². The molecule has 6 heteroatoms. The Labute approximate surface area is 113 Å². The Bertz CT molecular complexity index is 664. The molecule has 3 rings (SSSR count). The minimum absolute atomic E-state index is 0.465. The monoisotopic (exact) mass is 275 g/mol. The van der Waals surface area contributed by atoms with Gasteiger partial charge in [0.15, 0.2) is 0 Å². The van der Waals surface area contributed by atoms with E-state index in [4.69, 9.17) is 0 Å². The third-order valence-corrected chi connectivity index (χ3v) is 4.03. The molecule has 19 heavy (non-hydrogen) atoms. The summed E-state index contributed by atoms with van der Waals surface area (Å²) in [5, 5.41) is 14.3. The van der Waals surface area contributed by atoms with Gasteiger partial charge in [0.2, 0.25) is 0 Å². The van der Waals surface area contributed by atoms with Crippen LogP contribution in [0.2, 0.25) is 0 Å². The lowest BCUT2D eigenvalue weighted by molar-refractivity contribution is 0.218. The second-order valence-corrected chi connectivity index (χ2v) is 5.48. The van der Waals surface area contributed by atoms with Gasteiger partial charge in [0.05, 0.1) is 5.69 Å². The fourth-order valence-electron chi connectivity index (χ4n) is 2.00. The number of aliphatic hydroxyl groups is 1. The first-order valence-corrected chi connectivity index (χ1v) is 7.00. The van der Waals surface area contributed by atoms with Gasteiger partial charge in [0, 0.05) is 11.3 Å². The van der Waals surface area contributed by atoms with Crippen molar-refractivity contribution in [2.24, 2.45) is 0 Å². The highest BCUT2D eigenvalue weighted by atomic mass is 32.2. The number of aryl methyl sites for hydroxylation is 1. The molecule has 0 bridgehead atoms. The first-order chi connectivity index (χ1) is 9.15. The summed E-state index contributed by atoms with van der Waals surface area (Å²) in [6.07, 6.45) is 0.616. The molecule has 1 aromatic carbocycles. The largest absolute Gasteiger partial charge is 0.374 e. The van der Waals surface area contributed by atoms with Crippen LogP contribution in [-0.2, 0) is 11.0 Å². The minimum atomic E-state index is -1.43. The van der Waals surface area contributed by atoms with Gasteiger partial charge in [-0.25, -0.2) is 13.6 Å². The molecule has 2 heterocycles. The fourth-order valence-corrected chi connectivity index (χ4v) is 3.00. The zero-order chi connectivity index (χ0) is 13.4. The first-order valence-electron chi connectivity index (χ1n) is 5.85. The highest BCUT2D eigenvalue weighted by molar-refractivity contribution is 7.92. The van der Waals surface area contributed by atoms with Crippen molar-refractivity contribution in [3.05, 3.63) is 48.2 Å². The van der Waals surface area contributed by atoms with Crippen molar-refractivity contribution in [2.75, 3.05) is 0 Å². The molecule has 2 N–H and O–H groups in total. The SMILES string of the molecule is Cc1cc(-c2ccccc2)nn1C1=CC(O)NS1=O. The van der Waals surface area contributed by atoms with E-state index in [0.717, 1.165) is 17.0 Å². The number of hydrogen-bond donors (Lipinski definition) is 2. The molecule has 0 spiro atoms. The molecule has 1 aromatic heterocycles. The number of nitrogens with zero attached hydrogens (tertiary/aromatic N) is 2. The fraction of sp³-hybridized carbons (Fsp3) is 0.154. The van der Waals surface area contributed by atoms with Gasteiger partial charge in [-0.3, -0.25) is 0 Å². The normalized spacial score (nSPS) is 22.5. The van der Waals surface area contributed by atoms with Gasteiger partial charge in [0.25, 0.3) is 0 Å². The van der Waals surface area contributed by atoms with Crippen LogP contribution in [0.25, 0.3) is 16.3 Å². The van der Waals surface area contributed by atoms with Crippen LogP contribution < -0.4 is 4.72 Å². The number of hydrogen-bond acceptors (Lipinski definition) is 3. The third-order valence-electron chi connectivity index (χ3n) is 2.88. The van der Waals surface area contributed by atoms with Crippen LogP contribution in [0.3, 0.4) is 0 Å². The lowest BCUT2D eigenvalue weighted by Gasteiger charge is -2.02. The van der Waals surface area contributed by atoms with E-state index >= 15 is 0 Å². The second-order valence-electron chi connectivity index (χ2n) is 4.29. The highest BCUT2D eigenvalue weighted by Gasteiger charge is 2.23. The average molecular weight is 275 g/mol. The molecule has 2 aromatic rings. The second kappa shape index (κ2) is 4.73. The van der Waals surface area contributed by atoms with Crippen molar-refractivity contribution < 1.29 is 9.32 Å². The van der Waals surface area contributed by atoms with Gasteiger partial charge >= 0.3 is 0 Å². The Hall–Kier alpha value is -1.76. The van der Waals surface area contributed by atoms with E-state index in [1.165, 1.54) is 6.08 Å². The Morgan fingerprint density at radius 1 is 1.37 bits per heavy atom. The van der Waals surface area contributed by atoms with Crippen molar-refractivity contribution >= 4 is 16.0 Å². The Kier molecular flexibility index (Phi) is 3.06. The Morgan fingerprint density at radius 2 is 2.11 bits per heavy atom. The van der Waals surface area contributed by atoms with Crippen LogP contribution in [0.15, 0.2) is 42.5 Å². The zero-order valence-electron chi connectivity index (χ0n) is 10.3. The van der Waals surface area contributed by atoms with E-state index in [-0.39, 0.29) is 0 Å². The van der Waals surface area contributed by atoms with Crippen molar-refractivity contribution in [3.63, 3.8) is 0 Å². The molecule has 0 radical (unpaired) electrons. The topological polar surface area (TPSA) is 67.2 Å². The molecule has 5 nitrogen and oxygen atoms in total. The molecular weight excluding hydrogens is 262 g/mol. The predicted octanol–water partition coefficient (Wildman–Crippen LogP) is 1.24. The first kappa shape index (κ1) is 12.3. The summed E-state index contributed by atoms with van der Waals surface area (Å²) in [4.78, 5) is 0.